The molecular weight excluding hydrogens is 82.0 g/mol. The van der Waals surface area contributed by atoms with Crippen molar-refractivity contribution in [2.24, 2.45) is 0 Å². The van der Waals surface area contributed by atoms with Gasteiger partial charge in [-0.15, -0.1) is 0 Å². The molecule has 0 aromatic carbocycles. The lowest BCUT2D eigenvalue weighted by molar-refractivity contribution is -0.956. The van der Waals surface area contributed by atoms with E-state index in [0.717, 1.165) is 0 Å². The first-order chi connectivity index (χ1) is 2.64. The Hall–Kier alpha value is -0.730. The molecule has 0 atom stereocenters. The molecule has 0 aromatic heterocycles. The highest BCUT2D eigenvalue weighted by molar-refractivity contribution is 5.73. The van der Waals surface area contributed by atoms with Crippen molar-refractivity contribution in [2.75, 3.05) is 0 Å². The van der Waals surface area contributed by atoms with Crippen LogP contribution in [-0.4, -0.2) is 21.0 Å². The van der Waals surface area contributed by atoms with Crippen molar-refractivity contribution in [3.8, 4) is 0 Å². The van der Waals surface area contributed by atoms with Crippen LogP contribution in [0.15, 0.2) is 0 Å². The van der Waals surface area contributed by atoms with E-state index in [2.05, 4.69) is 0 Å². The minimum absolute atomic E-state index is 0.0833. The van der Waals surface area contributed by atoms with Gasteiger partial charge in [0.1, 0.15) is 0 Å². The van der Waals surface area contributed by atoms with Gasteiger partial charge in [0.2, 0.25) is 0 Å². The molecule has 0 spiro atoms. The van der Waals surface area contributed by atoms with Gasteiger partial charge in [0.15, 0.2) is 4.90 Å². The molecule has 0 saturated carbocycles. The summed E-state index contributed by atoms with van der Waals surface area (Å²) in [6.45, 7) is 3.17. The zero-order valence-electron chi connectivity index (χ0n) is 3.84. The van der Waals surface area contributed by atoms with Crippen molar-refractivity contribution >= 4 is 5.71 Å². The van der Waals surface area contributed by atoms with Gasteiger partial charge in [-0.05, 0) is 0 Å². The van der Waals surface area contributed by atoms with Crippen LogP contribution in [-0.2, 0) is 0 Å². The predicted molar refractivity (Wildman–Crippen MR) is 20.2 cm³/mol. The maximum absolute atomic E-state index is 7.98. The maximum atomic E-state index is 7.98. The fourth-order valence-corrected chi connectivity index (χ4v) is 0. The first-order valence-corrected chi connectivity index (χ1v) is 1.62. The topological polar surface area (TPSA) is 43.5 Å². The standard InChI is InChI=1S/C3H8NO2/c1-3(2)4(5)6/h5-6H,1-2H3/q+1. The maximum Gasteiger partial charge on any atom is 0.258 e. The average molecular weight is 90.1 g/mol. The third kappa shape index (κ3) is 1.58. The lowest BCUT2D eigenvalue weighted by atomic mass is 10.5. The first kappa shape index (κ1) is 5.27. The largest absolute Gasteiger partial charge is 0.258 e. The van der Waals surface area contributed by atoms with Crippen LogP contribution in [0.5, 0.6) is 0 Å². The van der Waals surface area contributed by atoms with Gasteiger partial charge in [0, 0.05) is 13.8 Å². The molecule has 0 heterocycles. The number of hydrogen-bond donors (Lipinski definition) is 2. The summed E-state index contributed by atoms with van der Waals surface area (Å²) in [5, 5.41) is 16.0. The lowest BCUT2D eigenvalue weighted by Crippen LogP contribution is -2.05. The summed E-state index contributed by atoms with van der Waals surface area (Å²) in [5.74, 6) is 0. The van der Waals surface area contributed by atoms with Gasteiger partial charge < -0.3 is 0 Å². The van der Waals surface area contributed by atoms with E-state index < -0.39 is 0 Å². The molecule has 0 aliphatic rings. The molecule has 0 aliphatic carbocycles. The number of nitrogens with zero attached hydrogens (tertiary/aromatic N) is 1. The van der Waals surface area contributed by atoms with Gasteiger partial charge in [-0.1, -0.05) is 0 Å². The number of rotatable bonds is 0. The van der Waals surface area contributed by atoms with Gasteiger partial charge in [0.25, 0.3) is 5.71 Å². The van der Waals surface area contributed by atoms with Crippen LogP contribution in [0.2, 0.25) is 0 Å². The molecule has 0 amide bonds. The molecule has 0 saturated heterocycles. The van der Waals surface area contributed by atoms with Gasteiger partial charge in [0.05, 0.1) is 0 Å². The molecule has 36 valence electrons. The predicted octanol–water partition coefficient (Wildman–Crippen LogP) is 0.258. The van der Waals surface area contributed by atoms with E-state index in [1.54, 1.807) is 13.8 Å². The Balaban J connectivity index is 3.68. The highest BCUT2D eigenvalue weighted by atomic mass is 16.8. The van der Waals surface area contributed by atoms with E-state index in [9.17, 15) is 0 Å². The molecule has 6 heavy (non-hydrogen) atoms. The van der Waals surface area contributed by atoms with Crippen LogP contribution < -0.4 is 0 Å². The SMILES string of the molecule is CC(C)=[N+](O)O. The zero-order valence-corrected chi connectivity index (χ0v) is 3.84. The van der Waals surface area contributed by atoms with E-state index in [1.165, 1.54) is 0 Å². The second-order valence-corrected chi connectivity index (χ2v) is 1.24. The summed E-state index contributed by atoms with van der Waals surface area (Å²) in [7, 11) is 0. The molecule has 2 N–H and O–H groups in total. The van der Waals surface area contributed by atoms with Gasteiger partial charge in [-0.2, -0.15) is 0 Å². The van der Waals surface area contributed by atoms with E-state index in [1.807, 2.05) is 0 Å². The molecular formula is C3H8NO2+. The summed E-state index contributed by atoms with van der Waals surface area (Å²) >= 11 is 0. The molecule has 0 aliphatic heterocycles. The Morgan fingerprint density at radius 3 is 1.50 bits per heavy atom. The third-order valence-electron chi connectivity index (χ3n) is 0.400. The van der Waals surface area contributed by atoms with Crippen LogP contribution in [0.1, 0.15) is 13.8 Å². The Bertz CT molecular complexity index is 58.9. The van der Waals surface area contributed by atoms with Crippen LogP contribution in [0.25, 0.3) is 0 Å². The van der Waals surface area contributed by atoms with E-state index in [-0.39, 0.29) is 4.90 Å². The second-order valence-electron chi connectivity index (χ2n) is 1.24. The molecule has 3 heteroatoms. The summed E-state index contributed by atoms with van der Waals surface area (Å²) in [6, 6.07) is 0. The highest BCUT2D eigenvalue weighted by Crippen LogP contribution is 1.62. The molecule has 0 bridgehead atoms. The Morgan fingerprint density at radius 1 is 1.33 bits per heavy atom. The monoisotopic (exact) mass is 90.1 g/mol. The molecule has 0 aromatic rings. The van der Waals surface area contributed by atoms with E-state index >= 15 is 0 Å². The minimum Gasteiger partial charge on any atom is -0.245 e. The summed E-state index contributed by atoms with van der Waals surface area (Å²) < 4.78 is 0. The van der Waals surface area contributed by atoms with Crippen molar-refractivity contribution in [3.05, 3.63) is 0 Å². The minimum atomic E-state index is 0.0833. The summed E-state index contributed by atoms with van der Waals surface area (Å²) in [4.78, 5) is 0.0833. The fraction of sp³-hybridized carbons (Fsp3) is 0.667. The summed E-state index contributed by atoms with van der Waals surface area (Å²) in [6.07, 6.45) is 0. The molecule has 0 rings (SSSR count). The quantitative estimate of drug-likeness (QED) is 0.254. The highest BCUT2D eigenvalue weighted by Gasteiger charge is 1.93. The number of hydrogen-bond acceptors (Lipinski definition) is 2. The molecule has 0 unspecified atom stereocenters. The average Bonchev–Trinajstić information content (AvgIpc) is 1.36. The van der Waals surface area contributed by atoms with E-state index in [4.69, 9.17) is 10.4 Å². The van der Waals surface area contributed by atoms with Crippen molar-refractivity contribution in [1.29, 1.82) is 0 Å². The van der Waals surface area contributed by atoms with Crippen LogP contribution in [0.3, 0.4) is 0 Å². The van der Waals surface area contributed by atoms with Gasteiger partial charge in [-0.3, -0.25) is 0 Å². The van der Waals surface area contributed by atoms with Crippen molar-refractivity contribution < 1.29 is 15.3 Å². The Kier molecular flexibility index (Phi) is 1.44. The van der Waals surface area contributed by atoms with Crippen molar-refractivity contribution in [1.82, 2.24) is 0 Å². The molecule has 3 nitrogen and oxygen atoms in total. The fourth-order valence-electron chi connectivity index (χ4n) is 0. The van der Waals surface area contributed by atoms with Crippen LogP contribution in [0, 0.1) is 0 Å². The van der Waals surface area contributed by atoms with Gasteiger partial charge >= 0.3 is 0 Å². The van der Waals surface area contributed by atoms with Crippen molar-refractivity contribution in [2.45, 2.75) is 13.8 Å². The first-order valence-electron chi connectivity index (χ1n) is 1.62. The van der Waals surface area contributed by atoms with Crippen molar-refractivity contribution in [3.63, 3.8) is 0 Å². The second kappa shape index (κ2) is 1.64. The lowest BCUT2D eigenvalue weighted by Gasteiger charge is -1.73. The molecule has 0 radical (unpaired) electrons. The van der Waals surface area contributed by atoms with Gasteiger partial charge in [-0.25, -0.2) is 10.4 Å². The normalized spacial score (nSPS) is 7.67. The third-order valence-corrected chi connectivity index (χ3v) is 0.400. The van der Waals surface area contributed by atoms with E-state index in [0.29, 0.717) is 5.71 Å². The summed E-state index contributed by atoms with van der Waals surface area (Å²) in [5.41, 5.74) is 0.454. The molecule has 0 fully saturated rings. The Morgan fingerprint density at radius 2 is 1.50 bits per heavy atom. The smallest absolute Gasteiger partial charge is 0.245 e. The van der Waals surface area contributed by atoms with Crippen LogP contribution >= 0.6 is 0 Å². The zero-order chi connectivity index (χ0) is 5.15. The van der Waals surface area contributed by atoms with Crippen LogP contribution in [0.4, 0.5) is 0 Å². The Labute approximate surface area is 36.1 Å².